The summed E-state index contributed by atoms with van der Waals surface area (Å²) < 4.78 is 0. The second-order valence-electron chi connectivity index (χ2n) is 11.8. The van der Waals surface area contributed by atoms with Crippen LogP contribution in [0, 0.1) is 58.7 Å². The molecular weight excluding hydrogens is 360 g/mol. The zero-order valence-corrected chi connectivity index (χ0v) is 18.4. The van der Waals surface area contributed by atoms with Gasteiger partial charge in [0.05, 0.1) is 6.54 Å². The molecule has 0 aromatic heterocycles. The molecule has 5 nitrogen and oxygen atoms in total. The van der Waals surface area contributed by atoms with Crippen molar-refractivity contribution in [2.75, 3.05) is 6.54 Å². The molecule has 0 bridgehead atoms. The van der Waals surface area contributed by atoms with E-state index >= 15 is 0 Å². The van der Waals surface area contributed by atoms with Gasteiger partial charge >= 0.3 is 0 Å². The van der Waals surface area contributed by atoms with E-state index in [1.165, 1.54) is 51.4 Å². The molecule has 2 N–H and O–H groups in total. The number of rotatable bonds is 3. The van der Waals surface area contributed by atoms with Crippen LogP contribution in [0.2, 0.25) is 0 Å². The Morgan fingerprint density at radius 2 is 1.90 bits per heavy atom. The quantitative estimate of drug-likeness (QED) is 0.755. The summed E-state index contributed by atoms with van der Waals surface area (Å²) in [5.74, 6) is 8.76. The van der Waals surface area contributed by atoms with Crippen molar-refractivity contribution in [1.82, 2.24) is 16.1 Å². The maximum absolute atomic E-state index is 13.5. The second kappa shape index (κ2) is 6.45. The zero-order valence-electron chi connectivity index (χ0n) is 18.4. The molecule has 29 heavy (non-hydrogen) atoms. The lowest BCUT2D eigenvalue weighted by Crippen LogP contribution is -2.52. The molecule has 0 saturated heterocycles. The SMILES string of the molecule is CC1=NNNN1CC(=O)[C@H]1[C@H]2C[C@H]2[C@H]2[C@@H]3CC[C@@H]4C[C@@H](C)CC[C@@H]4C3CC[C@@]21C. The molecule has 0 aromatic carbocycles. The Labute approximate surface area is 175 Å². The predicted octanol–water partition coefficient (Wildman–Crippen LogP) is 3.97. The van der Waals surface area contributed by atoms with E-state index in [1.807, 2.05) is 11.9 Å². The summed E-state index contributed by atoms with van der Waals surface area (Å²) in [6.45, 7) is 7.39. The van der Waals surface area contributed by atoms with E-state index in [0.717, 1.165) is 47.3 Å². The van der Waals surface area contributed by atoms with E-state index in [1.54, 1.807) is 0 Å². The average Bonchev–Trinajstić information content (AvgIpc) is 3.25. The van der Waals surface area contributed by atoms with Gasteiger partial charge in [-0.05, 0) is 105 Å². The molecule has 0 spiro atoms. The van der Waals surface area contributed by atoms with Crippen LogP contribution in [0.3, 0.4) is 0 Å². The molecule has 5 heteroatoms. The number of hydrogen-bond donors (Lipinski definition) is 2. The monoisotopic (exact) mass is 398 g/mol. The largest absolute Gasteiger partial charge is 0.297 e. The Balaban J connectivity index is 1.22. The van der Waals surface area contributed by atoms with E-state index in [2.05, 4.69) is 30.0 Å². The summed E-state index contributed by atoms with van der Waals surface area (Å²) in [6.07, 6.45) is 11.4. The molecule has 5 fully saturated rings. The van der Waals surface area contributed by atoms with Crippen LogP contribution in [0.5, 0.6) is 0 Å². The summed E-state index contributed by atoms with van der Waals surface area (Å²) in [5.41, 5.74) is 6.05. The molecule has 160 valence electrons. The van der Waals surface area contributed by atoms with Crippen LogP contribution in [0.15, 0.2) is 5.10 Å². The topological polar surface area (TPSA) is 56.7 Å². The Bertz CT molecular complexity index is 736. The second-order valence-corrected chi connectivity index (χ2v) is 11.8. The summed E-state index contributed by atoms with van der Waals surface area (Å²) >= 11 is 0. The molecule has 1 heterocycles. The van der Waals surface area contributed by atoms with Crippen LogP contribution in [-0.2, 0) is 4.79 Å². The molecule has 1 unspecified atom stereocenters. The van der Waals surface area contributed by atoms with Crippen LogP contribution in [0.1, 0.15) is 72.1 Å². The van der Waals surface area contributed by atoms with Gasteiger partial charge < -0.3 is 0 Å². The van der Waals surface area contributed by atoms with Crippen molar-refractivity contribution < 1.29 is 4.79 Å². The zero-order chi connectivity index (χ0) is 19.9. The fourth-order valence-corrected chi connectivity index (χ4v) is 9.38. The first-order valence-corrected chi connectivity index (χ1v) is 12.3. The van der Waals surface area contributed by atoms with Crippen molar-refractivity contribution in [3.8, 4) is 0 Å². The lowest BCUT2D eigenvalue weighted by molar-refractivity contribution is -0.134. The number of nitrogens with zero attached hydrogens (tertiary/aromatic N) is 2. The predicted molar refractivity (Wildman–Crippen MR) is 113 cm³/mol. The maximum atomic E-state index is 13.5. The highest BCUT2D eigenvalue weighted by Gasteiger charge is 2.70. The van der Waals surface area contributed by atoms with E-state index in [-0.39, 0.29) is 11.3 Å². The molecule has 0 radical (unpaired) electrons. The van der Waals surface area contributed by atoms with Crippen LogP contribution < -0.4 is 11.1 Å². The summed E-state index contributed by atoms with van der Waals surface area (Å²) in [7, 11) is 0. The first-order chi connectivity index (χ1) is 14.0. The molecule has 6 aliphatic rings. The van der Waals surface area contributed by atoms with E-state index in [4.69, 9.17) is 0 Å². The number of hydrogen-bond acceptors (Lipinski definition) is 5. The van der Waals surface area contributed by atoms with Gasteiger partial charge in [0, 0.05) is 5.92 Å². The van der Waals surface area contributed by atoms with E-state index in [0.29, 0.717) is 18.2 Å². The third kappa shape index (κ3) is 2.68. The lowest BCUT2D eigenvalue weighted by atomic mass is 9.48. The number of hydrazine groups is 2. The number of fused-ring (bicyclic) bond motifs is 7. The lowest BCUT2D eigenvalue weighted by Gasteiger charge is -2.57. The van der Waals surface area contributed by atoms with Gasteiger partial charge in [-0.15, -0.1) is 10.6 Å². The van der Waals surface area contributed by atoms with Gasteiger partial charge in [0.25, 0.3) is 0 Å². The Hall–Kier alpha value is -1.10. The molecule has 1 aliphatic heterocycles. The van der Waals surface area contributed by atoms with Gasteiger partial charge in [-0.1, -0.05) is 20.3 Å². The highest BCUT2D eigenvalue weighted by molar-refractivity contribution is 5.90. The van der Waals surface area contributed by atoms with Gasteiger partial charge in [-0.3, -0.25) is 9.80 Å². The Morgan fingerprint density at radius 1 is 1.07 bits per heavy atom. The molecule has 6 rings (SSSR count). The molecule has 0 amide bonds. The number of amidine groups is 1. The third-order valence-electron chi connectivity index (χ3n) is 10.5. The van der Waals surface area contributed by atoms with Crippen LogP contribution in [-0.4, -0.2) is 23.2 Å². The molecule has 10 atom stereocenters. The number of carbonyl (C=O) groups excluding carboxylic acids is 1. The minimum absolute atomic E-state index is 0.249. The van der Waals surface area contributed by atoms with Crippen LogP contribution in [0.25, 0.3) is 0 Å². The van der Waals surface area contributed by atoms with Crippen molar-refractivity contribution in [3.05, 3.63) is 0 Å². The van der Waals surface area contributed by atoms with Crippen molar-refractivity contribution in [3.63, 3.8) is 0 Å². The van der Waals surface area contributed by atoms with Gasteiger partial charge in [-0.25, -0.2) is 5.53 Å². The minimum atomic E-state index is 0.249. The molecule has 5 saturated carbocycles. The van der Waals surface area contributed by atoms with Crippen molar-refractivity contribution >= 4 is 11.6 Å². The summed E-state index contributed by atoms with van der Waals surface area (Å²) in [4.78, 5) is 13.5. The number of nitrogens with one attached hydrogen (secondary N) is 2. The fraction of sp³-hybridized carbons (Fsp3) is 0.917. The summed E-state index contributed by atoms with van der Waals surface area (Å²) in [6, 6.07) is 0. The number of hydrazone groups is 1. The number of carbonyl (C=O) groups is 1. The van der Waals surface area contributed by atoms with Gasteiger partial charge in [0.15, 0.2) is 5.78 Å². The standard InChI is InChI=1S/C24H38N4O/c1-13-4-6-16-15(10-13)5-7-18-17(16)8-9-24(3)22(18)19-11-20(19)23(24)21(29)12-28-14(2)25-26-27-28/h13,15-20,22-23,26-27H,4-12H2,1-3H3/t13-,15+,16-,17?,18+,19+,20-,22+,23+,24-/m0/s1. The normalized spacial score (nSPS) is 52.6. The Kier molecular flexibility index (Phi) is 4.15. The van der Waals surface area contributed by atoms with E-state index in [9.17, 15) is 4.79 Å². The highest BCUT2D eigenvalue weighted by Crippen LogP contribution is 2.74. The van der Waals surface area contributed by atoms with Crippen molar-refractivity contribution in [2.45, 2.75) is 72.1 Å². The minimum Gasteiger partial charge on any atom is -0.297 e. The van der Waals surface area contributed by atoms with Gasteiger partial charge in [-0.2, -0.15) is 0 Å². The summed E-state index contributed by atoms with van der Waals surface area (Å²) in [5, 5.41) is 6.04. The number of Topliss-reactive ketones (excluding diaryl/α,β-unsaturated/α-hetero) is 1. The maximum Gasteiger partial charge on any atom is 0.157 e. The molecule has 5 aliphatic carbocycles. The van der Waals surface area contributed by atoms with Crippen molar-refractivity contribution in [2.24, 2.45) is 63.8 Å². The fourth-order valence-electron chi connectivity index (χ4n) is 9.38. The Morgan fingerprint density at radius 3 is 2.69 bits per heavy atom. The van der Waals surface area contributed by atoms with Crippen molar-refractivity contribution in [1.29, 1.82) is 0 Å². The van der Waals surface area contributed by atoms with Crippen LogP contribution >= 0.6 is 0 Å². The molecular formula is C24H38N4O. The smallest absolute Gasteiger partial charge is 0.157 e. The van der Waals surface area contributed by atoms with E-state index < -0.39 is 0 Å². The third-order valence-corrected chi connectivity index (χ3v) is 10.5. The van der Waals surface area contributed by atoms with Gasteiger partial charge in [0.1, 0.15) is 5.84 Å². The number of ketones is 1. The first-order valence-electron chi connectivity index (χ1n) is 12.3. The van der Waals surface area contributed by atoms with Gasteiger partial charge in [0.2, 0.25) is 0 Å². The first kappa shape index (κ1) is 18.7. The highest BCUT2D eigenvalue weighted by atomic mass is 16.1. The average molecular weight is 399 g/mol. The van der Waals surface area contributed by atoms with Crippen LogP contribution in [0.4, 0.5) is 0 Å². The molecule has 0 aromatic rings.